The molecule has 22 heavy (non-hydrogen) atoms. The molecule has 5 nitrogen and oxygen atoms in total. The van der Waals surface area contributed by atoms with Gasteiger partial charge in [0, 0.05) is 25.6 Å². The lowest BCUT2D eigenvalue weighted by Crippen LogP contribution is -2.20. The van der Waals surface area contributed by atoms with E-state index in [0.717, 1.165) is 19.3 Å². The Kier molecular flexibility index (Phi) is 7.88. The number of unbranched alkanes of at least 4 members (excludes halogenated alkanes) is 2. The lowest BCUT2D eigenvalue weighted by molar-refractivity contribution is -0.119. The average molecular weight is 314 g/mol. The van der Waals surface area contributed by atoms with Crippen LogP contribution in [-0.2, 0) is 9.59 Å². The first-order valence-electron chi connectivity index (χ1n) is 7.06. The molecule has 0 saturated heterocycles. The number of hydrogen-bond acceptors (Lipinski definition) is 3. The van der Waals surface area contributed by atoms with Crippen LogP contribution in [0.15, 0.2) is 24.3 Å². The van der Waals surface area contributed by atoms with Crippen LogP contribution in [0.25, 0.3) is 0 Å². The molecule has 1 aromatic rings. The maximum atomic E-state index is 12.0. The van der Waals surface area contributed by atoms with E-state index < -0.39 is 6.61 Å². The summed E-state index contributed by atoms with van der Waals surface area (Å²) in [7, 11) is 0. The van der Waals surface area contributed by atoms with Gasteiger partial charge in [0.1, 0.15) is 5.75 Å². The van der Waals surface area contributed by atoms with E-state index in [1.165, 1.54) is 31.2 Å². The fourth-order valence-electron chi connectivity index (χ4n) is 1.79. The lowest BCUT2D eigenvalue weighted by atomic mass is 10.2. The summed E-state index contributed by atoms with van der Waals surface area (Å²) in [6.07, 6.45) is 2.76. The van der Waals surface area contributed by atoms with Gasteiger partial charge in [-0.1, -0.05) is 6.42 Å². The van der Waals surface area contributed by atoms with Gasteiger partial charge in [-0.15, -0.1) is 0 Å². The summed E-state index contributed by atoms with van der Waals surface area (Å²) in [5.74, 6) is -0.148. The Morgan fingerprint density at radius 2 is 1.82 bits per heavy atom. The number of rotatable bonds is 9. The smallest absolute Gasteiger partial charge is 0.387 e. The molecule has 1 rings (SSSR count). The predicted molar refractivity (Wildman–Crippen MR) is 78.9 cm³/mol. The van der Waals surface area contributed by atoms with Gasteiger partial charge in [0.15, 0.2) is 0 Å². The molecule has 0 aliphatic carbocycles. The maximum absolute atomic E-state index is 12.0. The van der Waals surface area contributed by atoms with Gasteiger partial charge >= 0.3 is 6.61 Å². The molecule has 7 heteroatoms. The van der Waals surface area contributed by atoms with Crippen molar-refractivity contribution in [3.63, 3.8) is 0 Å². The Labute approximate surface area is 128 Å². The third-order valence-electron chi connectivity index (χ3n) is 2.82. The molecule has 0 saturated carbocycles. The summed E-state index contributed by atoms with van der Waals surface area (Å²) in [4.78, 5) is 22.3. The quantitative estimate of drug-likeness (QED) is 0.689. The van der Waals surface area contributed by atoms with Crippen LogP contribution < -0.4 is 15.4 Å². The highest BCUT2D eigenvalue weighted by molar-refractivity contribution is 5.90. The van der Waals surface area contributed by atoms with Gasteiger partial charge in [0.05, 0.1) is 0 Å². The Morgan fingerprint density at radius 3 is 2.41 bits per heavy atom. The zero-order valence-corrected chi connectivity index (χ0v) is 12.4. The van der Waals surface area contributed by atoms with Crippen molar-refractivity contribution in [3.8, 4) is 5.75 Å². The van der Waals surface area contributed by atoms with Crippen molar-refractivity contribution in [3.05, 3.63) is 24.3 Å². The Bertz CT molecular complexity index is 478. The molecule has 0 fully saturated rings. The van der Waals surface area contributed by atoms with Crippen LogP contribution in [0.4, 0.5) is 14.5 Å². The van der Waals surface area contributed by atoms with Crippen LogP contribution in [0, 0.1) is 0 Å². The van der Waals surface area contributed by atoms with E-state index in [1.807, 2.05) is 0 Å². The molecule has 0 aliphatic rings. The van der Waals surface area contributed by atoms with Crippen molar-refractivity contribution in [2.75, 3.05) is 11.9 Å². The minimum absolute atomic E-state index is 0.0472. The third kappa shape index (κ3) is 8.18. The van der Waals surface area contributed by atoms with Gasteiger partial charge in [0.2, 0.25) is 11.8 Å². The zero-order chi connectivity index (χ0) is 16.4. The monoisotopic (exact) mass is 314 g/mol. The van der Waals surface area contributed by atoms with E-state index in [1.54, 1.807) is 0 Å². The van der Waals surface area contributed by atoms with E-state index in [9.17, 15) is 18.4 Å². The number of alkyl halides is 2. The molecule has 122 valence electrons. The molecule has 0 bridgehead atoms. The molecule has 2 amide bonds. The van der Waals surface area contributed by atoms with Gasteiger partial charge in [-0.25, -0.2) is 0 Å². The topological polar surface area (TPSA) is 67.4 Å². The first-order chi connectivity index (χ1) is 10.5. The van der Waals surface area contributed by atoms with Crippen LogP contribution in [-0.4, -0.2) is 25.0 Å². The van der Waals surface area contributed by atoms with Crippen LogP contribution in [0.2, 0.25) is 0 Å². The minimum Gasteiger partial charge on any atom is -0.435 e. The molecule has 0 atom stereocenters. The van der Waals surface area contributed by atoms with Gasteiger partial charge in [0.25, 0.3) is 0 Å². The number of nitrogens with one attached hydrogen (secondary N) is 2. The number of ether oxygens (including phenoxy) is 1. The second kappa shape index (κ2) is 9.70. The maximum Gasteiger partial charge on any atom is 0.387 e. The first-order valence-corrected chi connectivity index (χ1v) is 7.06. The van der Waals surface area contributed by atoms with Gasteiger partial charge in [-0.3, -0.25) is 9.59 Å². The van der Waals surface area contributed by atoms with Gasteiger partial charge in [-0.05, 0) is 37.1 Å². The van der Waals surface area contributed by atoms with Crippen molar-refractivity contribution >= 4 is 17.5 Å². The third-order valence-corrected chi connectivity index (χ3v) is 2.82. The molecule has 0 aromatic heterocycles. The predicted octanol–water partition coefficient (Wildman–Crippen LogP) is 2.92. The summed E-state index contributed by atoms with van der Waals surface area (Å²) in [6.45, 7) is -0.786. The number of benzene rings is 1. The zero-order valence-electron chi connectivity index (χ0n) is 12.4. The van der Waals surface area contributed by atoms with E-state index in [-0.39, 0.29) is 17.6 Å². The molecular formula is C15H20F2N2O3. The lowest BCUT2D eigenvalue weighted by Gasteiger charge is -2.07. The van der Waals surface area contributed by atoms with Crippen molar-refractivity contribution in [2.24, 2.45) is 0 Å². The standard InChI is InChI=1S/C15H20F2N2O3/c1-11(20)18-10-4-2-3-5-14(21)19-12-6-8-13(9-7-12)22-15(16)17/h6-9,15H,2-5,10H2,1H3,(H,18,20)(H,19,21). The summed E-state index contributed by atoms with van der Waals surface area (Å²) in [6, 6.07) is 5.75. The van der Waals surface area contributed by atoms with Crippen molar-refractivity contribution < 1.29 is 23.1 Å². The Hall–Kier alpha value is -2.18. The molecule has 0 unspecified atom stereocenters. The van der Waals surface area contributed by atoms with E-state index in [2.05, 4.69) is 15.4 Å². The van der Waals surface area contributed by atoms with Crippen LogP contribution in [0.3, 0.4) is 0 Å². The highest BCUT2D eigenvalue weighted by atomic mass is 19.3. The summed E-state index contributed by atoms with van der Waals surface area (Å²) in [5.41, 5.74) is 0.532. The number of carbonyl (C=O) groups is 2. The number of amides is 2. The van der Waals surface area contributed by atoms with Crippen LogP contribution in [0.5, 0.6) is 5.75 Å². The second-order valence-electron chi connectivity index (χ2n) is 4.74. The van der Waals surface area contributed by atoms with Crippen LogP contribution in [0.1, 0.15) is 32.6 Å². The molecule has 0 spiro atoms. The van der Waals surface area contributed by atoms with E-state index in [0.29, 0.717) is 18.7 Å². The number of anilines is 1. The van der Waals surface area contributed by atoms with E-state index >= 15 is 0 Å². The molecule has 2 N–H and O–H groups in total. The van der Waals surface area contributed by atoms with E-state index in [4.69, 9.17) is 0 Å². The highest BCUT2D eigenvalue weighted by Gasteiger charge is 2.05. The van der Waals surface area contributed by atoms with Crippen LogP contribution >= 0.6 is 0 Å². The molecule has 0 heterocycles. The van der Waals surface area contributed by atoms with Crippen molar-refractivity contribution in [2.45, 2.75) is 39.2 Å². The second-order valence-corrected chi connectivity index (χ2v) is 4.74. The number of carbonyl (C=O) groups excluding carboxylic acids is 2. The number of halogens is 2. The minimum atomic E-state index is -2.86. The largest absolute Gasteiger partial charge is 0.435 e. The highest BCUT2D eigenvalue weighted by Crippen LogP contribution is 2.18. The summed E-state index contributed by atoms with van der Waals surface area (Å²) in [5, 5.41) is 5.37. The van der Waals surface area contributed by atoms with Crippen molar-refractivity contribution in [1.82, 2.24) is 5.32 Å². The summed E-state index contributed by atoms with van der Waals surface area (Å²) >= 11 is 0. The number of hydrogen-bond donors (Lipinski definition) is 2. The fourth-order valence-corrected chi connectivity index (χ4v) is 1.79. The Morgan fingerprint density at radius 1 is 1.14 bits per heavy atom. The normalized spacial score (nSPS) is 10.4. The fraction of sp³-hybridized carbons (Fsp3) is 0.467. The molecule has 0 radical (unpaired) electrons. The molecular weight excluding hydrogens is 294 g/mol. The Balaban J connectivity index is 2.20. The van der Waals surface area contributed by atoms with Crippen molar-refractivity contribution in [1.29, 1.82) is 0 Å². The van der Waals surface area contributed by atoms with Gasteiger partial charge in [-0.2, -0.15) is 8.78 Å². The first kappa shape index (κ1) is 17.9. The molecule has 1 aromatic carbocycles. The molecule has 0 aliphatic heterocycles. The van der Waals surface area contributed by atoms with Gasteiger partial charge < -0.3 is 15.4 Å². The summed E-state index contributed by atoms with van der Waals surface area (Å²) < 4.78 is 28.2. The average Bonchev–Trinajstić information content (AvgIpc) is 2.44. The SMILES string of the molecule is CC(=O)NCCCCCC(=O)Nc1ccc(OC(F)F)cc1.